The van der Waals surface area contributed by atoms with E-state index in [1.54, 1.807) is 0 Å². The molecule has 0 rings (SSSR count). The van der Waals surface area contributed by atoms with E-state index in [2.05, 4.69) is 12.2 Å². The van der Waals surface area contributed by atoms with E-state index in [4.69, 9.17) is 5.11 Å². The molecule has 122 valence electrons. The van der Waals surface area contributed by atoms with Gasteiger partial charge in [0.1, 0.15) is 0 Å². The third-order valence-electron chi connectivity index (χ3n) is 3.42. The van der Waals surface area contributed by atoms with Crippen LogP contribution in [-0.2, 0) is 4.79 Å². The van der Waals surface area contributed by atoms with Crippen molar-refractivity contribution in [2.45, 2.75) is 84.0 Å². The lowest BCUT2D eigenvalue weighted by Gasteiger charge is -1.99. The number of aliphatic carboxylic acids is 1. The Kier molecular flexibility index (Phi) is 14.2. The van der Waals surface area contributed by atoms with Gasteiger partial charge in [-0.05, 0) is 51.0 Å². The Labute approximate surface area is 129 Å². The zero-order valence-electron chi connectivity index (χ0n) is 13.5. The number of allylic oxidation sites excluding steroid dienone is 4. The number of carbonyl (C=O) groups is 1. The minimum Gasteiger partial charge on any atom is -0.513 e. The van der Waals surface area contributed by atoms with Crippen LogP contribution in [0.4, 0.5) is 0 Å². The van der Waals surface area contributed by atoms with Gasteiger partial charge in [-0.1, -0.05) is 38.3 Å². The van der Waals surface area contributed by atoms with Crippen LogP contribution in [0.1, 0.15) is 84.0 Å². The summed E-state index contributed by atoms with van der Waals surface area (Å²) in [6.07, 6.45) is 18.2. The molecule has 0 aliphatic heterocycles. The Morgan fingerprint density at radius 2 is 1.33 bits per heavy atom. The van der Waals surface area contributed by atoms with E-state index in [1.165, 1.54) is 12.8 Å². The first-order valence-electron chi connectivity index (χ1n) is 8.41. The van der Waals surface area contributed by atoms with Crippen LogP contribution in [0.5, 0.6) is 0 Å². The molecular weight excluding hydrogens is 264 g/mol. The first-order chi connectivity index (χ1) is 10.2. The van der Waals surface area contributed by atoms with Gasteiger partial charge in [-0.15, -0.1) is 0 Å². The highest BCUT2D eigenvalue weighted by molar-refractivity contribution is 5.66. The second kappa shape index (κ2) is 15.1. The SMILES string of the molecule is CCC=C(O)CCCCC=CCCCCCCCC(=O)O. The summed E-state index contributed by atoms with van der Waals surface area (Å²) in [4.78, 5) is 10.3. The Bertz CT molecular complexity index is 306. The molecule has 0 aliphatic rings. The second-order valence-electron chi connectivity index (χ2n) is 5.52. The molecule has 0 saturated heterocycles. The van der Waals surface area contributed by atoms with Crippen molar-refractivity contribution in [2.75, 3.05) is 0 Å². The molecule has 0 heterocycles. The zero-order chi connectivity index (χ0) is 15.8. The lowest BCUT2D eigenvalue weighted by Crippen LogP contribution is -1.93. The largest absolute Gasteiger partial charge is 0.513 e. The van der Waals surface area contributed by atoms with Crippen LogP contribution in [-0.4, -0.2) is 16.2 Å². The fraction of sp³-hybridized carbons (Fsp3) is 0.722. The number of hydrogen-bond acceptors (Lipinski definition) is 2. The summed E-state index contributed by atoms with van der Waals surface area (Å²) >= 11 is 0. The smallest absolute Gasteiger partial charge is 0.303 e. The summed E-state index contributed by atoms with van der Waals surface area (Å²) in [5, 5.41) is 18.0. The van der Waals surface area contributed by atoms with Crippen LogP contribution in [0.3, 0.4) is 0 Å². The molecule has 0 saturated carbocycles. The number of hydrogen-bond donors (Lipinski definition) is 2. The average Bonchev–Trinajstić information content (AvgIpc) is 2.44. The molecule has 3 heteroatoms. The zero-order valence-corrected chi connectivity index (χ0v) is 13.5. The highest BCUT2D eigenvalue weighted by Crippen LogP contribution is 2.10. The van der Waals surface area contributed by atoms with E-state index in [0.717, 1.165) is 57.8 Å². The molecule has 0 aromatic rings. The Hall–Kier alpha value is -1.25. The van der Waals surface area contributed by atoms with E-state index in [-0.39, 0.29) is 0 Å². The van der Waals surface area contributed by atoms with Crippen LogP contribution in [0.15, 0.2) is 24.0 Å². The summed E-state index contributed by atoms with van der Waals surface area (Å²) in [5.41, 5.74) is 0. The van der Waals surface area contributed by atoms with Crippen molar-refractivity contribution in [1.82, 2.24) is 0 Å². The van der Waals surface area contributed by atoms with Gasteiger partial charge in [0.2, 0.25) is 0 Å². The van der Waals surface area contributed by atoms with Crippen molar-refractivity contribution in [2.24, 2.45) is 0 Å². The Morgan fingerprint density at radius 3 is 1.95 bits per heavy atom. The topological polar surface area (TPSA) is 57.5 Å². The minimum atomic E-state index is -0.684. The summed E-state index contributed by atoms with van der Waals surface area (Å²) in [6.45, 7) is 2.03. The van der Waals surface area contributed by atoms with Crippen molar-refractivity contribution < 1.29 is 15.0 Å². The van der Waals surface area contributed by atoms with Gasteiger partial charge in [0.15, 0.2) is 0 Å². The van der Waals surface area contributed by atoms with Crippen molar-refractivity contribution in [3.05, 3.63) is 24.0 Å². The molecule has 0 spiro atoms. The average molecular weight is 296 g/mol. The van der Waals surface area contributed by atoms with Crippen molar-refractivity contribution >= 4 is 5.97 Å². The number of aliphatic hydroxyl groups excluding tert-OH is 1. The van der Waals surface area contributed by atoms with Crippen LogP contribution < -0.4 is 0 Å². The third kappa shape index (κ3) is 16.7. The van der Waals surface area contributed by atoms with Crippen molar-refractivity contribution in [1.29, 1.82) is 0 Å². The molecule has 3 nitrogen and oxygen atoms in total. The van der Waals surface area contributed by atoms with Crippen LogP contribution in [0.2, 0.25) is 0 Å². The number of carboxylic acid groups (broad SMARTS) is 1. The van der Waals surface area contributed by atoms with E-state index < -0.39 is 5.97 Å². The van der Waals surface area contributed by atoms with Crippen LogP contribution in [0.25, 0.3) is 0 Å². The molecule has 0 amide bonds. The highest BCUT2D eigenvalue weighted by atomic mass is 16.4. The fourth-order valence-electron chi connectivity index (χ4n) is 2.21. The fourth-order valence-corrected chi connectivity index (χ4v) is 2.21. The molecule has 0 bridgehead atoms. The van der Waals surface area contributed by atoms with E-state index in [1.807, 2.05) is 13.0 Å². The van der Waals surface area contributed by atoms with Gasteiger partial charge in [0, 0.05) is 12.8 Å². The number of rotatable bonds is 14. The van der Waals surface area contributed by atoms with Gasteiger partial charge < -0.3 is 10.2 Å². The van der Waals surface area contributed by atoms with Gasteiger partial charge in [-0.2, -0.15) is 0 Å². The quantitative estimate of drug-likeness (QED) is 0.243. The normalized spacial score (nSPS) is 12.1. The highest BCUT2D eigenvalue weighted by Gasteiger charge is 1.96. The van der Waals surface area contributed by atoms with Gasteiger partial charge in [0.05, 0.1) is 5.76 Å². The molecule has 0 atom stereocenters. The number of aliphatic hydroxyl groups is 1. The molecule has 21 heavy (non-hydrogen) atoms. The minimum absolute atomic E-state index is 0.308. The van der Waals surface area contributed by atoms with Gasteiger partial charge in [0.25, 0.3) is 0 Å². The maximum Gasteiger partial charge on any atom is 0.303 e. The van der Waals surface area contributed by atoms with Gasteiger partial charge in [-0.25, -0.2) is 0 Å². The third-order valence-corrected chi connectivity index (χ3v) is 3.42. The van der Waals surface area contributed by atoms with Gasteiger partial charge >= 0.3 is 5.97 Å². The van der Waals surface area contributed by atoms with E-state index in [9.17, 15) is 9.90 Å². The number of carboxylic acids is 1. The first kappa shape index (κ1) is 19.8. The van der Waals surface area contributed by atoms with E-state index >= 15 is 0 Å². The maximum absolute atomic E-state index is 10.3. The predicted octanol–water partition coefficient (Wildman–Crippen LogP) is 5.77. The maximum atomic E-state index is 10.3. The number of unbranched alkanes of at least 4 members (excludes halogenated alkanes) is 7. The van der Waals surface area contributed by atoms with Crippen LogP contribution in [0, 0.1) is 0 Å². The predicted molar refractivity (Wildman–Crippen MR) is 88.6 cm³/mol. The molecule has 0 radical (unpaired) electrons. The lowest BCUT2D eigenvalue weighted by atomic mass is 10.1. The molecule has 0 aromatic carbocycles. The van der Waals surface area contributed by atoms with Crippen molar-refractivity contribution in [3.63, 3.8) is 0 Å². The second-order valence-corrected chi connectivity index (χ2v) is 5.52. The molecule has 0 aromatic heterocycles. The summed E-state index contributed by atoms with van der Waals surface area (Å²) in [6, 6.07) is 0. The molecule has 0 aliphatic carbocycles. The van der Waals surface area contributed by atoms with Gasteiger partial charge in [-0.3, -0.25) is 4.79 Å². The lowest BCUT2D eigenvalue weighted by molar-refractivity contribution is -0.137. The Balaban J connectivity index is 3.22. The van der Waals surface area contributed by atoms with Crippen LogP contribution >= 0.6 is 0 Å². The van der Waals surface area contributed by atoms with E-state index in [0.29, 0.717) is 12.2 Å². The molecule has 0 unspecified atom stereocenters. The summed E-state index contributed by atoms with van der Waals surface area (Å²) in [5.74, 6) is -0.152. The molecule has 2 N–H and O–H groups in total. The molecular formula is C18H32O3. The van der Waals surface area contributed by atoms with Crippen molar-refractivity contribution in [3.8, 4) is 0 Å². The standard InChI is InChI=1S/C18H32O3/c1-2-14-17(19)15-12-10-8-6-4-3-5-7-9-11-13-16-18(20)21/h4,6,14,19H,2-3,5,7-13,15-16H2,1H3,(H,20,21). The summed E-state index contributed by atoms with van der Waals surface area (Å²) < 4.78 is 0. The molecule has 0 fully saturated rings. The monoisotopic (exact) mass is 296 g/mol. The first-order valence-corrected chi connectivity index (χ1v) is 8.41. The summed E-state index contributed by atoms with van der Waals surface area (Å²) in [7, 11) is 0. The Morgan fingerprint density at radius 1 is 0.810 bits per heavy atom.